The minimum Gasteiger partial charge on any atom is -0.385 e. The minimum absolute atomic E-state index is 0.568. The van der Waals surface area contributed by atoms with Crippen LogP contribution in [0.3, 0.4) is 0 Å². The maximum absolute atomic E-state index is 7.97. The molecule has 0 spiro atoms. The number of hydrogen-bond donors (Lipinski definition) is 2. The summed E-state index contributed by atoms with van der Waals surface area (Å²) in [6.07, 6.45) is 2.12. The van der Waals surface area contributed by atoms with Gasteiger partial charge in [-0.1, -0.05) is 109 Å². The minimum atomic E-state index is 0.568. The van der Waals surface area contributed by atoms with Crippen molar-refractivity contribution in [2.75, 3.05) is 0 Å². The van der Waals surface area contributed by atoms with Crippen molar-refractivity contribution in [3.8, 4) is 0 Å². The molecule has 310 valence electrons. The van der Waals surface area contributed by atoms with Crippen molar-refractivity contribution in [3.05, 3.63) is 188 Å². The summed E-state index contributed by atoms with van der Waals surface area (Å²) in [4.78, 5) is 0. The highest BCUT2D eigenvalue weighted by atomic mass is 32.1. The van der Waals surface area contributed by atoms with Crippen molar-refractivity contribution in [1.82, 2.24) is 13.7 Å². The van der Waals surface area contributed by atoms with E-state index in [4.69, 9.17) is 11.5 Å². The van der Waals surface area contributed by atoms with Crippen molar-refractivity contribution in [2.24, 2.45) is 11.5 Å². The fourth-order valence-electron chi connectivity index (χ4n) is 10.9. The van der Waals surface area contributed by atoms with Gasteiger partial charge in [0, 0.05) is 98.9 Å². The Morgan fingerprint density at radius 2 is 0.636 bits per heavy atom. The Hall–Kier alpha value is -7.88. The fourth-order valence-corrected chi connectivity index (χ4v) is 14.3. The first kappa shape index (κ1) is 36.5. The van der Waals surface area contributed by atoms with Crippen LogP contribution in [0.4, 0.5) is 0 Å². The quantitative estimate of drug-likeness (QED) is 0.173. The number of benzene rings is 9. The Morgan fingerprint density at radius 1 is 0.303 bits per heavy atom. The lowest BCUT2D eigenvalue weighted by molar-refractivity contribution is 1.12. The van der Waals surface area contributed by atoms with Crippen LogP contribution >= 0.6 is 34.0 Å². The molecular weight excluding hydrogens is 863 g/mol. The second-order valence-corrected chi connectivity index (χ2v) is 20.5. The van der Waals surface area contributed by atoms with E-state index in [2.05, 4.69) is 202 Å². The second kappa shape index (κ2) is 13.3. The number of nitrogens with two attached hydrogens (primary N) is 2. The van der Waals surface area contributed by atoms with Crippen molar-refractivity contribution < 1.29 is 0 Å². The van der Waals surface area contributed by atoms with E-state index in [1.807, 2.05) is 34.0 Å². The van der Waals surface area contributed by atoms with Crippen LogP contribution in [0.5, 0.6) is 0 Å². The van der Waals surface area contributed by atoms with Gasteiger partial charge in [0.25, 0.3) is 0 Å². The fraction of sp³-hybridized carbons (Fsp3) is 0. The molecule has 6 heterocycles. The van der Waals surface area contributed by atoms with Crippen LogP contribution in [-0.4, -0.2) is 13.7 Å². The number of para-hydroxylation sites is 3. The average molecular weight is 898 g/mol. The van der Waals surface area contributed by atoms with E-state index in [0.717, 1.165) is 65.7 Å². The van der Waals surface area contributed by atoms with E-state index in [1.54, 1.807) is 0 Å². The molecule has 4 N–H and O–H groups in total. The van der Waals surface area contributed by atoms with Gasteiger partial charge < -0.3 is 16.0 Å². The molecule has 0 atom stereocenters. The van der Waals surface area contributed by atoms with Crippen LogP contribution < -0.4 is 11.5 Å². The first-order valence-corrected chi connectivity index (χ1v) is 24.5. The van der Waals surface area contributed by atoms with Crippen LogP contribution in [0.2, 0.25) is 0 Å². The maximum atomic E-state index is 7.97. The van der Waals surface area contributed by atoms with Gasteiger partial charge >= 0.3 is 0 Å². The zero-order valence-electron chi connectivity index (χ0n) is 35.1. The summed E-state index contributed by atoms with van der Waals surface area (Å²) in [5.74, 6) is 1.14. The van der Waals surface area contributed by atoms with Crippen LogP contribution in [0.1, 0.15) is 0 Å². The van der Waals surface area contributed by atoms with Crippen molar-refractivity contribution >= 4 is 177 Å². The number of rotatable bonds is 4. The third-order valence-corrected chi connectivity index (χ3v) is 17.2. The molecule has 0 aliphatic rings. The summed E-state index contributed by atoms with van der Waals surface area (Å²) in [5, 5.41) is 14.4. The molecule has 0 aliphatic heterocycles. The molecule has 0 saturated heterocycles. The van der Waals surface area contributed by atoms with Crippen LogP contribution in [-0.2, 0) is 0 Å². The van der Waals surface area contributed by atoms with E-state index >= 15 is 0 Å². The monoisotopic (exact) mass is 897 g/mol. The third-order valence-electron chi connectivity index (χ3n) is 13.8. The molecule has 15 aromatic rings. The molecule has 0 radical (unpaired) electrons. The first-order valence-electron chi connectivity index (χ1n) is 22.1. The van der Waals surface area contributed by atoms with E-state index in [1.165, 1.54) is 65.9 Å². The van der Waals surface area contributed by atoms with Gasteiger partial charge in [-0.2, -0.15) is 0 Å². The smallest absolute Gasteiger partial charge is 0.133 e. The van der Waals surface area contributed by atoms with Gasteiger partial charge in [0.1, 0.15) is 11.6 Å². The molecule has 6 aromatic heterocycles. The summed E-state index contributed by atoms with van der Waals surface area (Å²) in [6.45, 7) is 0. The number of fused-ring (bicyclic) bond motifs is 18. The van der Waals surface area contributed by atoms with Gasteiger partial charge in [0.05, 0.1) is 38.8 Å². The molecule has 66 heavy (non-hydrogen) atoms. The molecule has 0 aliphatic carbocycles. The zero-order chi connectivity index (χ0) is 43.4. The SMILES string of the molecule is N/C(=C(\C=C(/N)n1c2ccccc2c2cc3sc4ccccc4c3cc21)n1c2ccccc2c2cc3sc4ccccc4c3cc21)n1c2ccccc2c2cc3sc4ccccc4c3cc21. The lowest BCUT2D eigenvalue weighted by Gasteiger charge is -2.18. The second-order valence-electron chi connectivity index (χ2n) is 17.3. The Morgan fingerprint density at radius 3 is 1.08 bits per heavy atom. The molecule has 0 bridgehead atoms. The van der Waals surface area contributed by atoms with Crippen LogP contribution in [0.25, 0.3) is 143 Å². The van der Waals surface area contributed by atoms with Crippen molar-refractivity contribution in [3.63, 3.8) is 0 Å². The lowest BCUT2D eigenvalue weighted by atomic mass is 10.1. The van der Waals surface area contributed by atoms with E-state index in [0.29, 0.717) is 11.6 Å². The summed E-state index contributed by atoms with van der Waals surface area (Å²) < 4.78 is 14.4. The largest absolute Gasteiger partial charge is 0.385 e. The van der Waals surface area contributed by atoms with Gasteiger partial charge in [-0.3, -0.25) is 9.13 Å². The van der Waals surface area contributed by atoms with Crippen LogP contribution in [0, 0.1) is 0 Å². The Kier molecular flexibility index (Phi) is 7.37. The topological polar surface area (TPSA) is 66.8 Å². The highest BCUT2D eigenvalue weighted by Gasteiger charge is 2.23. The van der Waals surface area contributed by atoms with E-state index in [9.17, 15) is 0 Å². The standard InChI is InChI=1S/C58H35N5S3/c59-57(62-45-20-8-2-14-33(45)39-29-55-42(26-48(39)62)36-17-5-11-23-52(36)65-55)31-50(61-44-19-7-1-13-32(44)38-28-54-41(25-47(38)61)35-16-4-10-22-51(35)64-54)58(60)63-46-21-9-3-15-34(46)40-30-56-43(27-49(40)63)37-18-6-12-24-53(37)66-56/h1-31H,59-60H2/b57-31+,58-50-. The highest BCUT2D eigenvalue weighted by molar-refractivity contribution is 7.26. The normalized spacial score (nSPS) is 13.3. The van der Waals surface area contributed by atoms with Gasteiger partial charge in [-0.15, -0.1) is 34.0 Å². The molecule has 0 fully saturated rings. The summed E-state index contributed by atoms with van der Waals surface area (Å²) in [5.41, 5.74) is 22.7. The third kappa shape index (κ3) is 4.92. The number of allylic oxidation sites excluding steroid dienone is 2. The Balaban J connectivity index is 1.10. The first-order chi connectivity index (χ1) is 32.6. The van der Waals surface area contributed by atoms with Gasteiger partial charge in [0.2, 0.25) is 0 Å². The number of thiophene rings is 3. The summed E-state index contributed by atoms with van der Waals surface area (Å²) in [7, 11) is 0. The number of nitrogens with zero attached hydrogens (tertiary/aromatic N) is 3. The predicted molar refractivity (Wildman–Crippen MR) is 289 cm³/mol. The lowest BCUT2D eigenvalue weighted by Crippen LogP contribution is -2.14. The average Bonchev–Trinajstić information content (AvgIpc) is 4.20. The zero-order valence-corrected chi connectivity index (χ0v) is 37.6. The number of aromatic nitrogens is 3. The molecule has 8 heteroatoms. The Labute approximate surface area is 388 Å². The van der Waals surface area contributed by atoms with E-state index < -0.39 is 0 Å². The molecule has 5 nitrogen and oxygen atoms in total. The summed E-state index contributed by atoms with van der Waals surface area (Å²) in [6, 6.07) is 66.2. The molecule has 0 amide bonds. The van der Waals surface area contributed by atoms with Crippen LogP contribution in [0.15, 0.2) is 188 Å². The van der Waals surface area contributed by atoms with Gasteiger partial charge in [0.15, 0.2) is 0 Å². The predicted octanol–water partition coefficient (Wildman–Crippen LogP) is 16.3. The molecule has 0 unspecified atom stereocenters. The summed E-state index contributed by atoms with van der Waals surface area (Å²) >= 11 is 5.52. The molecule has 0 saturated carbocycles. The van der Waals surface area contributed by atoms with Crippen molar-refractivity contribution in [1.29, 1.82) is 0 Å². The highest BCUT2D eigenvalue weighted by Crippen LogP contribution is 2.45. The van der Waals surface area contributed by atoms with Crippen molar-refractivity contribution in [2.45, 2.75) is 0 Å². The number of hydrogen-bond acceptors (Lipinski definition) is 5. The Bertz CT molecular complexity index is 4680. The van der Waals surface area contributed by atoms with E-state index in [-0.39, 0.29) is 0 Å². The van der Waals surface area contributed by atoms with Gasteiger partial charge in [-0.05, 0) is 72.8 Å². The molecular formula is C58H35N5S3. The maximum Gasteiger partial charge on any atom is 0.133 e. The van der Waals surface area contributed by atoms with Gasteiger partial charge in [-0.25, -0.2) is 0 Å². The molecule has 15 rings (SSSR count). The molecule has 9 aromatic carbocycles.